The van der Waals surface area contributed by atoms with Gasteiger partial charge in [-0.3, -0.25) is 0 Å². The minimum absolute atomic E-state index is 0.0592. The standard InChI is InChI=1S/C10H16O5/c1-6-7(5-15-10(6)14-3)8(13-2)4-9(11)12/h4,6-7,10H,5H2,1-3H3,(H,11,12)/b8-4-. The van der Waals surface area contributed by atoms with Crippen LogP contribution in [0.15, 0.2) is 11.8 Å². The molecule has 1 fully saturated rings. The highest BCUT2D eigenvalue weighted by Crippen LogP contribution is 2.32. The van der Waals surface area contributed by atoms with Gasteiger partial charge in [0, 0.05) is 18.9 Å². The van der Waals surface area contributed by atoms with Gasteiger partial charge in [0.25, 0.3) is 0 Å². The molecule has 0 aromatic heterocycles. The van der Waals surface area contributed by atoms with Crippen molar-refractivity contribution in [2.24, 2.45) is 11.8 Å². The number of ether oxygens (including phenoxy) is 3. The number of hydrogen-bond acceptors (Lipinski definition) is 4. The third-order valence-corrected chi connectivity index (χ3v) is 2.60. The van der Waals surface area contributed by atoms with E-state index in [9.17, 15) is 4.79 Å². The molecule has 1 N–H and O–H groups in total. The molecule has 0 aromatic rings. The Balaban J connectivity index is 2.75. The zero-order chi connectivity index (χ0) is 11.4. The summed E-state index contributed by atoms with van der Waals surface area (Å²) in [6, 6.07) is 0. The van der Waals surface area contributed by atoms with Crippen LogP contribution in [0.25, 0.3) is 0 Å². The molecular weight excluding hydrogens is 200 g/mol. The SMILES string of the molecule is CO/C(=C\C(=O)O)C1COC(OC)C1C. The van der Waals surface area contributed by atoms with Crippen LogP contribution in [-0.2, 0) is 19.0 Å². The van der Waals surface area contributed by atoms with Crippen LogP contribution in [0.2, 0.25) is 0 Å². The van der Waals surface area contributed by atoms with Crippen molar-refractivity contribution in [2.75, 3.05) is 20.8 Å². The molecule has 15 heavy (non-hydrogen) atoms. The first-order chi connectivity index (χ1) is 7.10. The van der Waals surface area contributed by atoms with Gasteiger partial charge in [0.15, 0.2) is 6.29 Å². The van der Waals surface area contributed by atoms with Crippen molar-refractivity contribution in [1.29, 1.82) is 0 Å². The Morgan fingerprint density at radius 2 is 2.20 bits per heavy atom. The number of hydrogen-bond donors (Lipinski definition) is 1. The third kappa shape index (κ3) is 2.70. The van der Waals surface area contributed by atoms with Crippen LogP contribution < -0.4 is 0 Å². The number of methoxy groups -OCH3 is 2. The molecule has 1 heterocycles. The van der Waals surface area contributed by atoms with E-state index < -0.39 is 5.97 Å². The lowest BCUT2D eigenvalue weighted by Crippen LogP contribution is -2.21. The van der Waals surface area contributed by atoms with Gasteiger partial charge in [-0.25, -0.2) is 4.79 Å². The number of carboxylic acids is 1. The first-order valence-corrected chi connectivity index (χ1v) is 4.73. The lowest BCUT2D eigenvalue weighted by Gasteiger charge is -2.18. The van der Waals surface area contributed by atoms with Crippen LogP contribution in [0.3, 0.4) is 0 Å². The lowest BCUT2D eigenvalue weighted by molar-refractivity contribution is -0.131. The van der Waals surface area contributed by atoms with Gasteiger partial charge < -0.3 is 19.3 Å². The molecule has 5 nitrogen and oxygen atoms in total. The second kappa shape index (κ2) is 5.14. The molecule has 0 aliphatic carbocycles. The second-order valence-electron chi connectivity index (χ2n) is 3.49. The van der Waals surface area contributed by atoms with Gasteiger partial charge in [-0.2, -0.15) is 0 Å². The summed E-state index contributed by atoms with van der Waals surface area (Å²) in [6.07, 6.45) is 0.782. The summed E-state index contributed by atoms with van der Waals surface area (Å²) in [5.41, 5.74) is 0. The molecule has 3 atom stereocenters. The predicted octanol–water partition coefficient (Wildman–Crippen LogP) is 0.856. The van der Waals surface area contributed by atoms with Crippen molar-refractivity contribution >= 4 is 5.97 Å². The Kier molecular flexibility index (Phi) is 4.11. The molecule has 86 valence electrons. The molecule has 1 aliphatic heterocycles. The number of carboxylic acid groups (broad SMARTS) is 1. The van der Waals surface area contributed by atoms with Gasteiger partial charge in [0.2, 0.25) is 0 Å². The molecule has 0 amide bonds. The summed E-state index contributed by atoms with van der Waals surface area (Å²) >= 11 is 0. The minimum Gasteiger partial charge on any atom is -0.500 e. The number of aliphatic carboxylic acids is 1. The van der Waals surface area contributed by atoms with E-state index in [2.05, 4.69) is 0 Å². The van der Waals surface area contributed by atoms with Gasteiger partial charge in [-0.15, -0.1) is 0 Å². The predicted molar refractivity (Wildman–Crippen MR) is 52.1 cm³/mol. The van der Waals surface area contributed by atoms with Crippen molar-refractivity contribution in [3.63, 3.8) is 0 Å². The monoisotopic (exact) mass is 216 g/mol. The van der Waals surface area contributed by atoms with Crippen molar-refractivity contribution < 1.29 is 24.1 Å². The fourth-order valence-corrected chi connectivity index (χ4v) is 1.75. The van der Waals surface area contributed by atoms with Crippen molar-refractivity contribution in [2.45, 2.75) is 13.2 Å². The van der Waals surface area contributed by atoms with Crippen LogP contribution >= 0.6 is 0 Å². The quantitative estimate of drug-likeness (QED) is 0.557. The Hall–Kier alpha value is -1.07. The highest BCUT2D eigenvalue weighted by molar-refractivity contribution is 5.80. The Bertz CT molecular complexity index is 261. The van der Waals surface area contributed by atoms with Gasteiger partial charge >= 0.3 is 5.97 Å². The van der Waals surface area contributed by atoms with Crippen LogP contribution in [0.1, 0.15) is 6.92 Å². The summed E-state index contributed by atoms with van der Waals surface area (Å²) in [5.74, 6) is -0.564. The highest BCUT2D eigenvalue weighted by atomic mass is 16.7. The molecule has 1 rings (SSSR count). The van der Waals surface area contributed by atoms with Crippen LogP contribution in [0, 0.1) is 11.8 Å². The van der Waals surface area contributed by atoms with E-state index in [1.54, 1.807) is 7.11 Å². The van der Waals surface area contributed by atoms with E-state index in [0.717, 1.165) is 6.08 Å². The number of carbonyl (C=O) groups is 1. The van der Waals surface area contributed by atoms with E-state index in [1.165, 1.54) is 7.11 Å². The molecule has 1 aliphatic rings. The second-order valence-corrected chi connectivity index (χ2v) is 3.49. The van der Waals surface area contributed by atoms with Crippen molar-refractivity contribution in [1.82, 2.24) is 0 Å². The van der Waals surface area contributed by atoms with Gasteiger partial charge in [-0.05, 0) is 0 Å². The first kappa shape index (κ1) is 12.0. The smallest absolute Gasteiger partial charge is 0.331 e. The number of rotatable bonds is 4. The molecule has 3 unspecified atom stereocenters. The minimum atomic E-state index is -1.01. The van der Waals surface area contributed by atoms with Crippen molar-refractivity contribution in [3.8, 4) is 0 Å². The summed E-state index contributed by atoms with van der Waals surface area (Å²) in [6.45, 7) is 2.37. The maximum Gasteiger partial charge on any atom is 0.331 e. The van der Waals surface area contributed by atoms with Crippen LogP contribution in [-0.4, -0.2) is 38.2 Å². The van der Waals surface area contributed by atoms with E-state index in [1.807, 2.05) is 6.92 Å². The van der Waals surface area contributed by atoms with Crippen LogP contribution in [0.4, 0.5) is 0 Å². The summed E-state index contributed by atoms with van der Waals surface area (Å²) < 4.78 is 15.5. The molecule has 5 heteroatoms. The molecule has 0 spiro atoms. The molecule has 0 aromatic carbocycles. The van der Waals surface area contributed by atoms with Gasteiger partial charge in [0.05, 0.1) is 19.8 Å². The molecule has 0 bridgehead atoms. The average Bonchev–Trinajstić information content (AvgIpc) is 2.56. The zero-order valence-corrected chi connectivity index (χ0v) is 9.10. The van der Waals surface area contributed by atoms with E-state index in [0.29, 0.717) is 12.4 Å². The molecule has 0 saturated carbocycles. The van der Waals surface area contributed by atoms with E-state index >= 15 is 0 Å². The highest BCUT2D eigenvalue weighted by Gasteiger charge is 2.37. The summed E-state index contributed by atoms with van der Waals surface area (Å²) in [5, 5.41) is 8.66. The first-order valence-electron chi connectivity index (χ1n) is 4.73. The molecule has 0 radical (unpaired) electrons. The van der Waals surface area contributed by atoms with Crippen LogP contribution in [0.5, 0.6) is 0 Å². The summed E-state index contributed by atoms with van der Waals surface area (Å²) in [7, 11) is 3.03. The van der Waals surface area contributed by atoms with Crippen molar-refractivity contribution in [3.05, 3.63) is 11.8 Å². The Morgan fingerprint density at radius 3 is 2.60 bits per heavy atom. The topological polar surface area (TPSA) is 65.0 Å². The fraction of sp³-hybridized carbons (Fsp3) is 0.700. The zero-order valence-electron chi connectivity index (χ0n) is 9.10. The maximum atomic E-state index is 10.6. The fourth-order valence-electron chi connectivity index (χ4n) is 1.75. The summed E-state index contributed by atoms with van der Waals surface area (Å²) in [4.78, 5) is 10.6. The lowest BCUT2D eigenvalue weighted by atomic mass is 9.94. The van der Waals surface area contributed by atoms with E-state index in [4.69, 9.17) is 19.3 Å². The normalized spacial score (nSPS) is 31.7. The van der Waals surface area contributed by atoms with Gasteiger partial charge in [0.1, 0.15) is 5.76 Å². The molecule has 1 saturated heterocycles. The van der Waals surface area contributed by atoms with E-state index in [-0.39, 0.29) is 18.1 Å². The average molecular weight is 216 g/mol. The third-order valence-electron chi connectivity index (χ3n) is 2.60. The van der Waals surface area contributed by atoms with Gasteiger partial charge in [-0.1, -0.05) is 6.92 Å². The maximum absolute atomic E-state index is 10.6. The Labute approximate surface area is 88.6 Å². The molecular formula is C10H16O5. The largest absolute Gasteiger partial charge is 0.500 e. The Morgan fingerprint density at radius 1 is 1.53 bits per heavy atom.